The van der Waals surface area contributed by atoms with E-state index in [2.05, 4.69) is 34.6 Å². The van der Waals surface area contributed by atoms with Crippen molar-refractivity contribution in [1.29, 1.82) is 0 Å². The molecule has 0 bridgehead atoms. The van der Waals surface area contributed by atoms with E-state index in [1.165, 1.54) is 51.4 Å². The molecule has 0 aromatic carbocycles. The summed E-state index contributed by atoms with van der Waals surface area (Å²) < 4.78 is 0. The Morgan fingerprint density at radius 1 is 0.688 bits per heavy atom. The smallest absolute Gasteiger partial charge is 0.0440 e. The van der Waals surface area contributed by atoms with Crippen LogP contribution >= 0.6 is 0 Å². The summed E-state index contributed by atoms with van der Waals surface area (Å²) >= 11 is 0. The summed E-state index contributed by atoms with van der Waals surface area (Å²) in [6.07, 6.45) is 11.4. The van der Waals surface area contributed by atoms with Crippen LogP contribution in [0.4, 0.5) is 0 Å². The SMILES string of the molecule is CCCCC(C)CCCCC(C)CC(C)C. The molecule has 0 aromatic heterocycles. The summed E-state index contributed by atoms with van der Waals surface area (Å²) in [5, 5.41) is 0. The van der Waals surface area contributed by atoms with Gasteiger partial charge in [0.05, 0.1) is 0 Å². The average molecular weight is 226 g/mol. The van der Waals surface area contributed by atoms with Crippen molar-refractivity contribution >= 4 is 0 Å². The van der Waals surface area contributed by atoms with Crippen LogP contribution in [0.1, 0.15) is 86.0 Å². The largest absolute Gasteiger partial charge is 0.0654 e. The highest BCUT2D eigenvalue weighted by Gasteiger charge is 2.06. The van der Waals surface area contributed by atoms with E-state index in [4.69, 9.17) is 0 Å². The zero-order chi connectivity index (χ0) is 12.4. The van der Waals surface area contributed by atoms with Crippen molar-refractivity contribution in [2.24, 2.45) is 17.8 Å². The van der Waals surface area contributed by atoms with Gasteiger partial charge in [-0.3, -0.25) is 0 Å². The van der Waals surface area contributed by atoms with E-state index in [1.54, 1.807) is 0 Å². The summed E-state index contributed by atoms with van der Waals surface area (Å²) in [5.41, 5.74) is 0. The molecule has 0 rings (SSSR count). The third kappa shape index (κ3) is 10.5. The van der Waals surface area contributed by atoms with Crippen molar-refractivity contribution in [1.82, 2.24) is 0 Å². The van der Waals surface area contributed by atoms with Gasteiger partial charge in [-0.2, -0.15) is 0 Å². The lowest BCUT2D eigenvalue weighted by molar-refractivity contribution is 0.382. The van der Waals surface area contributed by atoms with Crippen LogP contribution in [0.2, 0.25) is 0 Å². The molecule has 0 spiro atoms. The van der Waals surface area contributed by atoms with Crippen LogP contribution < -0.4 is 0 Å². The van der Waals surface area contributed by atoms with Gasteiger partial charge >= 0.3 is 0 Å². The van der Waals surface area contributed by atoms with Gasteiger partial charge in [0, 0.05) is 0 Å². The van der Waals surface area contributed by atoms with E-state index < -0.39 is 0 Å². The summed E-state index contributed by atoms with van der Waals surface area (Å²) in [6, 6.07) is 0. The minimum Gasteiger partial charge on any atom is -0.0654 e. The van der Waals surface area contributed by atoms with Crippen LogP contribution in [-0.2, 0) is 0 Å². The lowest BCUT2D eigenvalue weighted by atomic mass is 9.92. The van der Waals surface area contributed by atoms with Gasteiger partial charge in [0.2, 0.25) is 0 Å². The molecule has 0 aromatic rings. The van der Waals surface area contributed by atoms with Crippen molar-refractivity contribution in [2.45, 2.75) is 86.0 Å². The van der Waals surface area contributed by atoms with Crippen LogP contribution in [0.25, 0.3) is 0 Å². The van der Waals surface area contributed by atoms with Gasteiger partial charge < -0.3 is 0 Å². The zero-order valence-electron chi connectivity index (χ0n) is 12.4. The molecule has 0 nitrogen and oxygen atoms in total. The highest BCUT2D eigenvalue weighted by Crippen LogP contribution is 2.20. The molecular weight excluding hydrogens is 192 g/mol. The molecule has 0 fully saturated rings. The van der Waals surface area contributed by atoms with Gasteiger partial charge in [0.15, 0.2) is 0 Å². The normalized spacial score (nSPS) is 15.4. The minimum absolute atomic E-state index is 0.874. The van der Waals surface area contributed by atoms with Gasteiger partial charge in [-0.1, -0.05) is 79.6 Å². The molecule has 0 heteroatoms. The second-order valence-electron chi connectivity index (χ2n) is 6.27. The maximum atomic E-state index is 2.42. The Bertz CT molecular complexity index is 137. The second kappa shape index (κ2) is 10.2. The third-order valence-electron chi connectivity index (χ3n) is 3.57. The molecule has 0 heterocycles. The summed E-state index contributed by atoms with van der Waals surface area (Å²) in [7, 11) is 0. The van der Waals surface area contributed by atoms with Crippen molar-refractivity contribution in [3.05, 3.63) is 0 Å². The van der Waals surface area contributed by atoms with Crippen molar-refractivity contribution in [3.8, 4) is 0 Å². The first-order valence-corrected chi connectivity index (χ1v) is 7.56. The molecule has 0 aliphatic heterocycles. The molecular formula is C16H34. The predicted molar refractivity (Wildman–Crippen MR) is 75.8 cm³/mol. The lowest BCUT2D eigenvalue weighted by Crippen LogP contribution is -2.01. The fraction of sp³-hybridized carbons (Fsp3) is 1.00. The molecule has 0 aliphatic rings. The van der Waals surface area contributed by atoms with E-state index in [1.807, 2.05) is 0 Å². The van der Waals surface area contributed by atoms with Crippen LogP contribution in [0.15, 0.2) is 0 Å². The maximum Gasteiger partial charge on any atom is -0.0440 e. The molecule has 16 heavy (non-hydrogen) atoms. The van der Waals surface area contributed by atoms with Gasteiger partial charge in [0.1, 0.15) is 0 Å². The highest BCUT2D eigenvalue weighted by atomic mass is 14.1. The predicted octanol–water partition coefficient (Wildman–Crippen LogP) is 6.06. The Morgan fingerprint density at radius 3 is 1.69 bits per heavy atom. The van der Waals surface area contributed by atoms with Crippen LogP contribution in [0.3, 0.4) is 0 Å². The minimum atomic E-state index is 0.874. The Hall–Kier alpha value is 0. The Morgan fingerprint density at radius 2 is 1.19 bits per heavy atom. The molecule has 0 radical (unpaired) electrons. The Labute approximate surface area is 104 Å². The third-order valence-corrected chi connectivity index (χ3v) is 3.57. The van der Waals surface area contributed by atoms with Crippen LogP contribution in [0.5, 0.6) is 0 Å². The molecule has 0 aliphatic carbocycles. The topological polar surface area (TPSA) is 0 Å². The first kappa shape index (κ1) is 16.0. The van der Waals surface area contributed by atoms with Crippen molar-refractivity contribution in [3.63, 3.8) is 0 Å². The van der Waals surface area contributed by atoms with Crippen LogP contribution in [0, 0.1) is 17.8 Å². The van der Waals surface area contributed by atoms with E-state index in [0.29, 0.717) is 0 Å². The Balaban J connectivity index is 3.31. The molecule has 0 saturated heterocycles. The van der Waals surface area contributed by atoms with E-state index in [9.17, 15) is 0 Å². The summed E-state index contributed by atoms with van der Waals surface area (Å²) in [5.74, 6) is 2.77. The molecule has 0 amide bonds. The van der Waals surface area contributed by atoms with E-state index in [-0.39, 0.29) is 0 Å². The standard InChI is InChI=1S/C16H34/c1-6-7-10-15(4)11-8-9-12-16(5)13-14(2)3/h14-16H,6-13H2,1-5H3. The zero-order valence-corrected chi connectivity index (χ0v) is 12.4. The fourth-order valence-electron chi connectivity index (χ4n) is 2.61. The quantitative estimate of drug-likeness (QED) is 0.397. The molecule has 2 atom stereocenters. The summed E-state index contributed by atoms with van der Waals surface area (Å²) in [4.78, 5) is 0. The van der Waals surface area contributed by atoms with Gasteiger partial charge in [-0.05, 0) is 24.2 Å². The first-order chi connectivity index (χ1) is 7.56. The fourth-order valence-corrected chi connectivity index (χ4v) is 2.61. The first-order valence-electron chi connectivity index (χ1n) is 7.56. The van der Waals surface area contributed by atoms with Gasteiger partial charge in [-0.15, -0.1) is 0 Å². The number of hydrogen-bond donors (Lipinski definition) is 0. The van der Waals surface area contributed by atoms with Gasteiger partial charge in [-0.25, -0.2) is 0 Å². The summed E-state index contributed by atoms with van der Waals surface area (Å²) in [6.45, 7) is 11.8. The van der Waals surface area contributed by atoms with Crippen molar-refractivity contribution in [2.75, 3.05) is 0 Å². The van der Waals surface area contributed by atoms with Crippen LogP contribution in [-0.4, -0.2) is 0 Å². The van der Waals surface area contributed by atoms with Crippen molar-refractivity contribution < 1.29 is 0 Å². The molecule has 98 valence electrons. The number of unbranched alkanes of at least 4 members (excludes halogenated alkanes) is 2. The maximum absolute atomic E-state index is 2.42. The second-order valence-corrected chi connectivity index (χ2v) is 6.27. The molecule has 0 N–H and O–H groups in total. The average Bonchev–Trinajstić information content (AvgIpc) is 2.20. The number of rotatable bonds is 10. The monoisotopic (exact) mass is 226 g/mol. The molecule has 0 saturated carbocycles. The lowest BCUT2D eigenvalue weighted by Gasteiger charge is -2.14. The highest BCUT2D eigenvalue weighted by molar-refractivity contribution is 4.58. The van der Waals surface area contributed by atoms with E-state index >= 15 is 0 Å². The molecule has 2 unspecified atom stereocenters. The number of hydrogen-bond acceptors (Lipinski definition) is 0. The van der Waals surface area contributed by atoms with E-state index in [0.717, 1.165) is 17.8 Å². The van der Waals surface area contributed by atoms with Gasteiger partial charge in [0.25, 0.3) is 0 Å². The Kier molecular flexibility index (Phi) is 10.2.